The second-order valence-electron chi connectivity index (χ2n) is 6.01. The van der Waals surface area contributed by atoms with Gasteiger partial charge in [-0.05, 0) is 29.1 Å². The van der Waals surface area contributed by atoms with Crippen molar-refractivity contribution in [2.75, 3.05) is 0 Å². The Morgan fingerprint density at radius 2 is 1.96 bits per heavy atom. The number of aromatic nitrogens is 3. The molecule has 0 bridgehead atoms. The number of hydrogen-bond acceptors (Lipinski definition) is 5. The molecule has 1 aromatic carbocycles. The fourth-order valence-electron chi connectivity index (χ4n) is 2.87. The topological polar surface area (TPSA) is 76.9 Å². The molecule has 0 spiro atoms. The van der Waals surface area contributed by atoms with Crippen LogP contribution in [0.15, 0.2) is 70.4 Å². The molecule has 1 amide bonds. The van der Waals surface area contributed by atoms with Crippen molar-refractivity contribution in [2.45, 2.75) is 13.1 Å². The normalized spacial score (nSPS) is 10.8. The van der Waals surface area contributed by atoms with Gasteiger partial charge in [0.1, 0.15) is 0 Å². The third-order valence-corrected chi connectivity index (χ3v) is 4.88. The average molecular weight is 376 g/mol. The highest BCUT2D eigenvalue weighted by Crippen LogP contribution is 2.14. The minimum Gasteiger partial charge on any atom is -0.346 e. The standard InChI is InChI=1S/C20H16N4O2S/c25-19(15-7-9-27-13-15)22-11-18-16-5-1-2-6-17(16)20(26)24(23-18)12-14-4-3-8-21-10-14/h1-10,13H,11-12H2,(H,22,25). The summed E-state index contributed by atoms with van der Waals surface area (Å²) < 4.78 is 1.42. The number of pyridine rings is 1. The van der Waals surface area contributed by atoms with E-state index in [-0.39, 0.29) is 18.0 Å². The minimum atomic E-state index is -0.164. The molecule has 0 radical (unpaired) electrons. The molecule has 0 fully saturated rings. The van der Waals surface area contributed by atoms with Crippen LogP contribution in [0, 0.1) is 0 Å². The summed E-state index contributed by atoms with van der Waals surface area (Å²) in [5.74, 6) is -0.160. The highest BCUT2D eigenvalue weighted by molar-refractivity contribution is 7.08. The SMILES string of the molecule is O=C(NCc1nn(Cc2cccnc2)c(=O)c2ccccc12)c1ccsc1. The average Bonchev–Trinajstić information content (AvgIpc) is 3.25. The van der Waals surface area contributed by atoms with Crippen molar-refractivity contribution < 1.29 is 4.79 Å². The zero-order chi connectivity index (χ0) is 18.6. The smallest absolute Gasteiger partial charge is 0.274 e. The number of nitrogens with one attached hydrogen (secondary N) is 1. The third kappa shape index (κ3) is 3.63. The molecule has 0 saturated heterocycles. The summed E-state index contributed by atoms with van der Waals surface area (Å²) in [6, 6.07) is 12.8. The Morgan fingerprint density at radius 1 is 1.11 bits per heavy atom. The summed E-state index contributed by atoms with van der Waals surface area (Å²) in [6.45, 7) is 0.561. The van der Waals surface area contributed by atoms with Crippen molar-refractivity contribution in [3.05, 3.63) is 92.8 Å². The molecule has 6 nitrogen and oxygen atoms in total. The summed E-state index contributed by atoms with van der Waals surface area (Å²) in [5, 5.41) is 12.4. The summed E-state index contributed by atoms with van der Waals surface area (Å²) in [4.78, 5) is 29.1. The number of amides is 1. The molecule has 1 N–H and O–H groups in total. The summed E-state index contributed by atoms with van der Waals surface area (Å²) in [6.07, 6.45) is 3.40. The lowest BCUT2D eigenvalue weighted by molar-refractivity contribution is 0.0951. The first-order valence-electron chi connectivity index (χ1n) is 8.40. The summed E-state index contributed by atoms with van der Waals surface area (Å²) >= 11 is 1.47. The number of carbonyl (C=O) groups is 1. The molecular formula is C20H16N4O2S. The van der Waals surface area contributed by atoms with Crippen molar-refractivity contribution in [1.82, 2.24) is 20.1 Å². The van der Waals surface area contributed by atoms with Crippen molar-refractivity contribution in [3.63, 3.8) is 0 Å². The molecule has 0 aliphatic rings. The van der Waals surface area contributed by atoms with Gasteiger partial charge >= 0.3 is 0 Å². The molecule has 0 aliphatic carbocycles. The maximum Gasteiger partial charge on any atom is 0.274 e. The van der Waals surface area contributed by atoms with Crippen LogP contribution in [0.3, 0.4) is 0 Å². The zero-order valence-corrected chi connectivity index (χ0v) is 15.1. The van der Waals surface area contributed by atoms with Crippen LogP contribution in [0.4, 0.5) is 0 Å². The van der Waals surface area contributed by atoms with Crippen LogP contribution in [0.5, 0.6) is 0 Å². The van der Waals surface area contributed by atoms with Crippen LogP contribution >= 0.6 is 11.3 Å². The van der Waals surface area contributed by atoms with E-state index in [4.69, 9.17) is 0 Å². The van der Waals surface area contributed by atoms with Crippen molar-refractivity contribution in [2.24, 2.45) is 0 Å². The second-order valence-corrected chi connectivity index (χ2v) is 6.79. The lowest BCUT2D eigenvalue weighted by Crippen LogP contribution is -2.28. The molecule has 7 heteroatoms. The van der Waals surface area contributed by atoms with Crippen molar-refractivity contribution in [1.29, 1.82) is 0 Å². The zero-order valence-electron chi connectivity index (χ0n) is 14.3. The number of rotatable bonds is 5. The third-order valence-electron chi connectivity index (χ3n) is 4.20. The van der Waals surface area contributed by atoms with E-state index in [1.54, 1.807) is 29.9 Å². The van der Waals surface area contributed by atoms with E-state index < -0.39 is 0 Å². The Labute approximate surface area is 159 Å². The van der Waals surface area contributed by atoms with Gasteiger partial charge in [-0.15, -0.1) is 0 Å². The molecular weight excluding hydrogens is 360 g/mol. The molecule has 134 valence electrons. The van der Waals surface area contributed by atoms with Crippen molar-refractivity contribution in [3.8, 4) is 0 Å². The van der Waals surface area contributed by atoms with Gasteiger partial charge in [0.25, 0.3) is 11.5 Å². The van der Waals surface area contributed by atoms with E-state index in [1.807, 2.05) is 35.7 Å². The number of thiophene rings is 1. The maximum absolute atomic E-state index is 12.8. The van der Waals surface area contributed by atoms with Gasteiger partial charge in [-0.1, -0.05) is 24.3 Å². The van der Waals surface area contributed by atoms with Gasteiger partial charge in [0.15, 0.2) is 0 Å². The van der Waals surface area contributed by atoms with Gasteiger partial charge in [-0.3, -0.25) is 14.6 Å². The molecule has 0 unspecified atom stereocenters. The van der Waals surface area contributed by atoms with Crippen LogP contribution in [0.1, 0.15) is 21.6 Å². The first-order chi connectivity index (χ1) is 13.2. The first-order valence-corrected chi connectivity index (χ1v) is 9.35. The quantitative estimate of drug-likeness (QED) is 0.581. The van der Waals surface area contributed by atoms with E-state index in [0.717, 1.165) is 10.9 Å². The number of carbonyl (C=O) groups excluding carboxylic acids is 1. The minimum absolute atomic E-state index is 0.160. The molecule has 3 heterocycles. The first kappa shape index (κ1) is 17.1. The summed E-state index contributed by atoms with van der Waals surface area (Å²) in [7, 11) is 0. The molecule has 4 rings (SSSR count). The van der Waals surface area contributed by atoms with Crippen LogP contribution in [0.2, 0.25) is 0 Å². The molecule has 0 saturated carbocycles. The lowest BCUT2D eigenvalue weighted by Gasteiger charge is -2.11. The molecule has 3 aromatic heterocycles. The van der Waals surface area contributed by atoms with Gasteiger partial charge in [-0.25, -0.2) is 4.68 Å². The van der Waals surface area contributed by atoms with E-state index in [2.05, 4.69) is 15.4 Å². The molecule has 4 aromatic rings. The van der Waals surface area contributed by atoms with Gasteiger partial charge in [0, 0.05) is 28.7 Å². The summed E-state index contributed by atoms with van der Waals surface area (Å²) in [5.41, 5.74) is 1.99. The van der Waals surface area contributed by atoms with Crippen LogP contribution in [0.25, 0.3) is 10.8 Å². The Hall–Kier alpha value is -3.32. The van der Waals surface area contributed by atoms with Crippen molar-refractivity contribution >= 4 is 28.0 Å². The Bertz CT molecular complexity index is 1140. The second kappa shape index (κ2) is 7.51. The van der Waals surface area contributed by atoms with Gasteiger partial charge in [0.2, 0.25) is 0 Å². The number of nitrogens with zero attached hydrogens (tertiary/aromatic N) is 3. The van der Waals surface area contributed by atoms with E-state index in [0.29, 0.717) is 23.2 Å². The Balaban J connectivity index is 1.69. The predicted molar refractivity (Wildman–Crippen MR) is 105 cm³/mol. The highest BCUT2D eigenvalue weighted by atomic mass is 32.1. The van der Waals surface area contributed by atoms with Crippen LogP contribution < -0.4 is 10.9 Å². The number of hydrogen-bond donors (Lipinski definition) is 1. The fraction of sp³-hybridized carbons (Fsp3) is 0.100. The monoisotopic (exact) mass is 376 g/mol. The van der Waals surface area contributed by atoms with Gasteiger partial charge < -0.3 is 5.32 Å². The van der Waals surface area contributed by atoms with Crippen LogP contribution in [-0.4, -0.2) is 20.7 Å². The largest absolute Gasteiger partial charge is 0.346 e. The van der Waals surface area contributed by atoms with E-state index in [1.165, 1.54) is 16.0 Å². The van der Waals surface area contributed by atoms with Gasteiger partial charge in [-0.2, -0.15) is 16.4 Å². The lowest BCUT2D eigenvalue weighted by atomic mass is 10.1. The molecule has 0 atom stereocenters. The van der Waals surface area contributed by atoms with E-state index >= 15 is 0 Å². The van der Waals surface area contributed by atoms with Crippen LogP contribution in [-0.2, 0) is 13.1 Å². The fourth-order valence-corrected chi connectivity index (χ4v) is 3.50. The molecule has 0 aliphatic heterocycles. The Kier molecular flexibility index (Phi) is 4.76. The predicted octanol–water partition coefficient (Wildman–Crippen LogP) is 2.83. The Morgan fingerprint density at radius 3 is 2.70 bits per heavy atom. The highest BCUT2D eigenvalue weighted by Gasteiger charge is 2.12. The van der Waals surface area contributed by atoms with E-state index in [9.17, 15) is 9.59 Å². The molecule has 27 heavy (non-hydrogen) atoms. The number of fused-ring (bicyclic) bond motifs is 1. The number of benzene rings is 1. The maximum atomic E-state index is 12.8. The van der Waals surface area contributed by atoms with Gasteiger partial charge in [0.05, 0.1) is 24.2 Å².